The molecule has 1 aromatic heterocycles. The van der Waals surface area contributed by atoms with Crippen molar-refractivity contribution in [3.05, 3.63) is 27.8 Å². The largest absolute Gasteiger partial charge is 0.358 e. The van der Waals surface area contributed by atoms with E-state index in [1.807, 2.05) is 12.2 Å². The van der Waals surface area contributed by atoms with E-state index in [2.05, 4.69) is 9.98 Å². The summed E-state index contributed by atoms with van der Waals surface area (Å²) in [6.45, 7) is 0. The fourth-order valence-corrected chi connectivity index (χ4v) is 1.33. The predicted octanol–water partition coefficient (Wildman–Crippen LogP) is -0.594. The first kappa shape index (κ1) is 4.88. The van der Waals surface area contributed by atoms with E-state index in [0.717, 1.165) is 10.0 Å². The molecule has 0 spiro atoms. The first-order chi connectivity index (χ1) is 4.47. The van der Waals surface area contributed by atoms with Crippen LogP contribution in [0.25, 0.3) is 6.08 Å². The lowest BCUT2D eigenvalue weighted by molar-refractivity contribution is 1.17. The maximum atomic E-state index is 4.10. The van der Waals surface area contributed by atoms with E-state index in [4.69, 9.17) is 0 Å². The van der Waals surface area contributed by atoms with Gasteiger partial charge in [0.1, 0.15) is 0 Å². The molecule has 0 amide bonds. The van der Waals surface area contributed by atoms with Crippen molar-refractivity contribution < 1.29 is 0 Å². The molecule has 1 radical (unpaired) electrons. The fourth-order valence-electron chi connectivity index (χ4n) is 0.704. The Morgan fingerprint density at radius 2 is 2.56 bits per heavy atom. The van der Waals surface area contributed by atoms with Gasteiger partial charge in [-0.3, -0.25) is 0 Å². The van der Waals surface area contributed by atoms with Crippen molar-refractivity contribution in [3.8, 4) is 0 Å². The average Bonchev–Trinajstić information content (AvgIpc) is 2.33. The molecule has 1 aliphatic rings. The minimum atomic E-state index is 0.988. The van der Waals surface area contributed by atoms with Crippen molar-refractivity contribution in [3.63, 3.8) is 0 Å². The molecule has 43 valence electrons. The molecule has 0 aliphatic carbocycles. The van der Waals surface area contributed by atoms with Crippen molar-refractivity contribution in [2.45, 2.75) is 0 Å². The van der Waals surface area contributed by atoms with E-state index in [9.17, 15) is 0 Å². The van der Waals surface area contributed by atoms with E-state index < -0.39 is 0 Å². The second kappa shape index (κ2) is 1.77. The zero-order valence-electron chi connectivity index (χ0n) is 4.61. The summed E-state index contributed by atoms with van der Waals surface area (Å²) in [5.41, 5.74) is 1.80. The lowest BCUT2D eigenvalue weighted by Gasteiger charge is -1.67. The molecular formula is C6H4N2S+. The van der Waals surface area contributed by atoms with Crippen molar-refractivity contribution >= 4 is 17.4 Å². The second-order valence-electron chi connectivity index (χ2n) is 1.68. The molecule has 0 aromatic carbocycles. The lowest BCUT2D eigenvalue weighted by atomic mass is 10.5. The molecule has 0 bridgehead atoms. The zero-order valence-corrected chi connectivity index (χ0v) is 5.43. The van der Waals surface area contributed by atoms with Gasteiger partial charge in [-0.2, -0.15) is 0 Å². The number of hydrogen-bond acceptors (Lipinski definition) is 3. The van der Waals surface area contributed by atoms with Crippen LogP contribution in [0.4, 0.5) is 0 Å². The van der Waals surface area contributed by atoms with Gasteiger partial charge in [0.25, 0.3) is 0 Å². The minimum absolute atomic E-state index is 0.988. The topological polar surface area (TPSA) is 27.0 Å². The second-order valence-corrected chi connectivity index (χ2v) is 2.51. The maximum absolute atomic E-state index is 4.10. The maximum Gasteiger partial charge on any atom is 0.358 e. The van der Waals surface area contributed by atoms with Gasteiger partial charge < -0.3 is 0 Å². The third-order valence-corrected chi connectivity index (χ3v) is 1.86. The molecule has 0 N–H and O–H groups in total. The Balaban J connectivity index is 2.99. The van der Waals surface area contributed by atoms with E-state index in [1.165, 1.54) is 0 Å². The monoisotopic (exact) mass is 136 g/mol. The number of hydrogen-bond donors (Lipinski definition) is 0. The molecule has 2 rings (SSSR count). The Morgan fingerprint density at radius 1 is 1.56 bits per heavy atom. The van der Waals surface area contributed by atoms with Gasteiger partial charge in [-0.1, -0.05) is 0 Å². The van der Waals surface area contributed by atoms with Crippen LogP contribution in [0.3, 0.4) is 0 Å². The smallest absolute Gasteiger partial charge is 0.238 e. The number of aromatic nitrogens is 1. The number of nitrogens with zero attached hydrogens (tertiary/aromatic N) is 2. The summed E-state index contributed by atoms with van der Waals surface area (Å²) in [5.74, 6) is 0. The summed E-state index contributed by atoms with van der Waals surface area (Å²) in [6, 6.07) is 0. The molecule has 0 fully saturated rings. The Labute approximate surface area is 55.9 Å². The van der Waals surface area contributed by atoms with Crippen LogP contribution in [0, 0.1) is 0 Å². The molecule has 0 unspecified atom stereocenters. The van der Waals surface area contributed by atoms with Gasteiger partial charge in [-0.15, -0.1) is 0 Å². The molecule has 1 aromatic rings. The molecule has 0 saturated heterocycles. The number of rotatable bonds is 0. The van der Waals surface area contributed by atoms with Crippen LogP contribution in [0.1, 0.15) is 0 Å². The van der Waals surface area contributed by atoms with Gasteiger partial charge in [-0.05, 0) is 17.4 Å². The van der Waals surface area contributed by atoms with Crippen molar-refractivity contribution in [1.29, 1.82) is 0 Å². The summed E-state index contributed by atoms with van der Waals surface area (Å²) >= 11 is 1.57. The third kappa shape index (κ3) is 0.695. The molecule has 1 aliphatic heterocycles. The van der Waals surface area contributed by atoms with Crippen LogP contribution in [0.2, 0.25) is 0 Å². The fraction of sp³-hybridized carbons (Fsp3) is 0. The van der Waals surface area contributed by atoms with Crippen LogP contribution >= 0.6 is 11.3 Å². The van der Waals surface area contributed by atoms with Gasteiger partial charge in [0.15, 0.2) is 5.35 Å². The molecule has 2 heterocycles. The average molecular weight is 136 g/mol. The highest BCUT2D eigenvalue weighted by molar-refractivity contribution is 7.06. The van der Waals surface area contributed by atoms with Crippen molar-refractivity contribution in [2.24, 2.45) is 0 Å². The quantitative estimate of drug-likeness (QED) is 0.468. The third-order valence-electron chi connectivity index (χ3n) is 1.11. The zero-order chi connectivity index (χ0) is 6.10. The Kier molecular flexibility index (Phi) is 0.960. The molecule has 9 heavy (non-hydrogen) atoms. The molecule has 2 nitrogen and oxygen atoms in total. The molecule has 3 heteroatoms. The van der Waals surface area contributed by atoms with E-state index >= 15 is 0 Å². The normalized spacial score (nSPS) is 13.8. The van der Waals surface area contributed by atoms with Gasteiger partial charge in [0, 0.05) is 6.08 Å². The number of allylic oxidation sites excluding steroid dienone is 1. The molecular weight excluding hydrogens is 132 g/mol. The SMILES string of the molecule is C1=C[N+]=c2scnc2=C1. The highest BCUT2D eigenvalue weighted by atomic mass is 32.1. The number of fused-ring (bicyclic) bond motifs is 1. The lowest BCUT2D eigenvalue weighted by Crippen LogP contribution is -2.26. The highest BCUT2D eigenvalue weighted by Gasteiger charge is 2.00. The van der Waals surface area contributed by atoms with Crippen LogP contribution in [-0.2, 0) is 0 Å². The van der Waals surface area contributed by atoms with Gasteiger partial charge >= 0.3 is 4.67 Å². The van der Waals surface area contributed by atoms with Crippen LogP contribution in [0.15, 0.2) is 17.8 Å². The summed E-state index contributed by atoms with van der Waals surface area (Å²) < 4.78 is 1.01. The van der Waals surface area contributed by atoms with E-state index in [-0.39, 0.29) is 0 Å². The van der Waals surface area contributed by atoms with Crippen LogP contribution < -0.4 is 15.0 Å². The van der Waals surface area contributed by atoms with Gasteiger partial charge in [0.2, 0.25) is 6.20 Å². The first-order valence-corrected chi connectivity index (χ1v) is 3.49. The first-order valence-electron chi connectivity index (χ1n) is 2.61. The number of thiazole rings is 1. The highest BCUT2D eigenvalue weighted by Crippen LogP contribution is 1.77. The Bertz CT molecular complexity index is 315. The summed E-state index contributed by atoms with van der Waals surface area (Å²) in [5, 5.41) is 0.988. The summed E-state index contributed by atoms with van der Waals surface area (Å²) in [4.78, 5) is 8.17. The van der Waals surface area contributed by atoms with Gasteiger partial charge in [-0.25, -0.2) is 4.98 Å². The Hall–Kier alpha value is -0.960. The van der Waals surface area contributed by atoms with Crippen molar-refractivity contribution in [1.82, 2.24) is 9.98 Å². The predicted molar refractivity (Wildman–Crippen MR) is 36.2 cm³/mol. The van der Waals surface area contributed by atoms with Crippen molar-refractivity contribution in [2.75, 3.05) is 0 Å². The molecule has 0 atom stereocenters. The standard InChI is InChI=1S/C6H4N2S/c1-2-5-6(7-3-1)9-4-8-5/h1-4H/q+1. The summed E-state index contributed by atoms with van der Waals surface area (Å²) in [7, 11) is 0. The van der Waals surface area contributed by atoms with E-state index in [0.29, 0.717) is 0 Å². The van der Waals surface area contributed by atoms with Crippen LogP contribution in [-0.4, -0.2) is 4.98 Å². The molecule has 0 saturated carbocycles. The van der Waals surface area contributed by atoms with Crippen LogP contribution in [0.5, 0.6) is 0 Å². The van der Waals surface area contributed by atoms with E-state index in [1.54, 1.807) is 23.0 Å². The summed E-state index contributed by atoms with van der Waals surface area (Å²) in [6.07, 6.45) is 5.63. The Morgan fingerprint density at radius 3 is 3.44 bits per heavy atom. The van der Waals surface area contributed by atoms with Gasteiger partial charge in [0.05, 0.1) is 10.5 Å². The minimum Gasteiger partial charge on any atom is -0.238 e.